The first-order chi connectivity index (χ1) is 9.77. The monoisotopic (exact) mass is 304 g/mol. The summed E-state index contributed by atoms with van der Waals surface area (Å²) in [6.07, 6.45) is -2.58. The van der Waals surface area contributed by atoms with E-state index in [0.29, 0.717) is 31.7 Å². The van der Waals surface area contributed by atoms with Gasteiger partial charge in [0.2, 0.25) is 0 Å². The van der Waals surface area contributed by atoms with E-state index in [1.807, 2.05) is 0 Å². The van der Waals surface area contributed by atoms with E-state index in [4.69, 9.17) is 0 Å². The molecule has 1 aliphatic rings. The van der Waals surface area contributed by atoms with Crippen LogP contribution in [0.1, 0.15) is 31.2 Å². The highest BCUT2D eigenvalue weighted by molar-refractivity contribution is 5.63. The molecule has 1 aromatic rings. The second kappa shape index (κ2) is 5.88. The van der Waals surface area contributed by atoms with E-state index in [1.54, 1.807) is 0 Å². The number of hydrogen-bond acceptors (Lipinski definition) is 4. The molecule has 21 heavy (non-hydrogen) atoms. The average molecular weight is 304 g/mol. The van der Waals surface area contributed by atoms with Crippen LogP contribution in [0.4, 0.5) is 24.5 Å². The summed E-state index contributed by atoms with van der Waals surface area (Å²) in [5.41, 5.74) is -1.55. The summed E-state index contributed by atoms with van der Waals surface area (Å²) >= 11 is 0. The first-order valence-electron chi connectivity index (χ1n) is 6.57. The van der Waals surface area contributed by atoms with Crippen LogP contribution in [0.2, 0.25) is 0 Å². The number of rotatable bonds is 3. The van der Waals surface area contributed by atoms with Crippen molar-refractivity contribution in [2.45, 2.75) is 44.0 Å². The summed E-state index contributed by atoms with van der Waals surface area (Å²) in [6, 6.07) is 2.38. The predicted molar refractivity (Wildman–Crippen MR) is 70.0 cm³/mol. The number of nitrogens with zero attached hydrogens (tertiary/aromatic N) is 1. The minimum Gasteiger partial charge on any atom is -0.393 e. The summed E-state index contributed by atoms with van der Waals surface area (Å²) in [5, 5.41) is 23.3. The van der Waals surface area contributed by atoms with Gasteiger partial charge >= 0.3 is 6.18 Å². The summed E-state index contributed by atoms with van der Waals surface area (Å²) in [7, 11) is 0. The number of aliphatic hydroxyl groups excluding tert-OH is 1. The number of nitro groups is 1. The molecule has 8 heteroatoms. The van der Waals surface area contributed by atoms with Crippen LogP contribution < -0.4 is 5.32 Å². The molecule has 1 aliphatic carbocycles. The van der Waals surface area contributed by atoms with E-state index in [2.05, 4.69) is 5.32 Å². The molecule has 1 fully saturated rings. The molecular formula is C13H15F3N2O3. The van der Waals surface area contributed by atoms with Gasteiger partial charge < -0.3 is 10.4 Å². The molecule has 1 aromatic carbocycles. The highest BCUT2D eigenvalue weighted by Gasteiger charge is 2.33. The first kappa shape index (κ1) is 15.6. The van der Waals surface area contributed by atoms with Gasteiger partial charge in [0.1, 0.15) is 5.69 Å². The number of nitro benzene ring substituents is 1. The highest BCUT2D eigenvalue weighted by Crippen LogP contribution is 2.36. The van der Waals surface area contributed by atoms with E-state index in [9.17, 15) is 28.4 Å². The van der Waals surface area contributed by atoms with E-state index in [0.717, 1.165) is 12.1 Å². The van der Waals surface area contributed by atoms with Gasteiger partial charge in [0.15, 0.2) is 0 Å². The fourth-order valence-corrected chi connectivity index (χ4v) is 2.42. The van der Waals surface area contributed by atoms with Gasteiger partial charge in [0.25, 0.3) is 5.69 Å². The molecule has 0 radical (unpaired) electrons. The maximum atomic E-state index is 12.6. The third-order valence-corrected chi connectivity index (χ3v) is 3.58. The minimum absolute atomic E-state index is 0.0781. The van der Waals surface area contributed by atoms with E-state index in [1.165, 1.54) is 0 Å². The summed E-state index contributed by atoms with van der Waals surface area (Å²) in [6.45, 7) is 0. The van der Waals surface area contributed by atoms with E-state index >= 15 is 0 Å². The summed E-state index contributed by atoms with van der Waals surface area (Å²) < 4.78 is 37.8. The minimum atomic E-state index is -4.61. The lowest BCUT2D eigenvalue weighted by molar-refractivity contribution is -0.384. The van der Waals surface area contributed by atoms with Gasteiger partial charge in [-0.25, -0.2) is 0 Å². The maximum Gasteiger partial charge on any atom is 0.416 e. The SMILES string of the molecule is O=[N+]([O-])c1cc(C(F)(F)F)ccc1NC1CCC(O)CC1. The van der Waals surface area contributed by atoms with Gasteiger partial charge in [-0.15, -0.1) is 0 Å². The number of hydrogen-bond donors (Lipinski definition) is 2. The fraction of sp³-hybridized carbons (Fsp3) is 0.538. The van der Waals surface area contributed by atoms with Gasteiger partial charge in [0, 0.05) is 12.1 Å². The second-order valence-electron chi connectivity index (χ2n) is 5.14. The molecule has 1 saturated carbocycles. The van der Waals surface area contributed by atoms with Crippen LogP contribution in [0.3, 0.4) is 0 Å². The van der Waals surface area contributed by atoms with Crippen LogP contribution in [0, 0.1) is 10.1 Å². The van der Waals surface area contributed by atoms with Crippen LogP contribution in [0.25, 0.3) is 0 Å². The Kier molecular flexibility index (Phi) is 4.36. The number of aliphatic hydroxyl groups is 1. The number of halogens is 3. The number of benzene rings is 1. The number of alkyl halides is 3. The Morgan fingerprint density at radius 3 is 2.38 bits per heavy atom. The van der Waals surface area contributed by atoms with Crippen LogP contribution in [0.15, 0.2) is 18.2 Å². The van der Waals surface area contributed by atoms with Crippen molar-refractivity contribution in [1.82, 2.24) is 0 Å². The van der Waals surface area contributed by atoms with Crippen molar-refractivity contribution in [1.29, 1.82) is 0 Å². The van der Waals surface area contributed by atoms with Gasteiger partial charge in [-0.3, -0.25) is 10.1 Å². The Morgan fingerprint density at radius 2 is 1.86 bits per heavy atom. The fourth-order valence-electron chi connectivity index (χ4n) is 2.42. The van der Waals surface area contributed by atoms with Crippen molar-refractivity contribution in [3.05, 3.63) is 33.9 Å². The molecule has 0 spiro atoms. The van der Waals surface area contributed by atoms with Crippen molar-refractivity contribution in [3.63, 3.8) is 0 Å². The summed E-state index contributed by atoms with van der Waals surface area (Å²) in [5.74, 6) is 0. The first-order valence-corrected chi connectivity index (χ1v) is 6.57. The molecule has 0 unspecified atom stereocenters. The largest absolute Gasteiger partial charge is 0.416 e. The van der Waals surface area contributed by atoms with Gasteiger partial charge in [-0.1, -0.05) is 0 Å². The molecule has 0 amide bonds. The Bertz CT molecular complexity index is 526. The van der Waals surface area contributed by atoms with Crippen molar-refractivity contribution in [3.8, 4) is 0 Å². The normalized spacial score (nSPS) is 22.9. The lowest BCUT2D eigenvalue weighted by Crippen LogP contribution is -2.28. The van der Waals surface area contributed by atoms with E-state index in [-0.39, 0.29) is 17.8 Å². The van der Waals surface area contributed by atoms with Crippen LogP contribution in [0.5, 0.6) is 0 Å². The van der Waals surface area contributed by atoms with Crippen LogP contribution in [-0.4, -0.2) is 22.2 Å². The molecule has 0 aliphatic heterocycles. The zero-order valence-corrected chi connectivity index (χ0v) is 11.1. The number of nitrogens with one attached hydrogen (secondary N) is 1. The van der Waals surface area contributed by atoms with Gasteiger partial charge in [-0.05, 0) is 37.8 Å². The Balaban J connectivity index is 2.21. The Hall–Kier alpha value is -1.83. The average Bonchev–Trinajstić information content (AvgIpc) is 2.40. The lowest BCUT2D eigenvalue weighted by Gasteiger charge is -2.27. The molecular weight excluding hydrogens is 289 g/mol. The molecule has 2 N–H and O–H groups in total. The lowest BCUT2D eigenvalue weighted by atomic mass is 9.93. The Labute approximate surface area is 118 Å². The van der Waals surface area contributed by atoms with Crippen molar-refractivity contribution < 1.29 is 23.2 Å². The molecule has 5 nitrogen and oxygen atoms in total. The molecule has 2 rings (SSSR count). The Morgan fingerprint density at radius 1 is 1.24 bits per heavy atom. The molecule has 0 atom stereocenters. The molecule has 0 bridgehead atoms. The smallest absolute Gasteiger partial charge is 0.393 e. The molecule has 0 heterocycles. The second-order valence-corrected chi connectivity index (χ2v) is 5.14. The van der Waals surface area contributed by atoms with Gasteiger partial charge in [-0.2, -0.15) is 13.2 Å². The molecule has 0 aromatic heterocycles. The standard InChI is InChI=1S/C13H15F3N2O3/c14-13(15,16)8-1-6-11(12(7-8)18(20)21)17-9-2-4-10(19)5-3-9/h1,6-7,9-10,17,19H,2-5H2. The highest BCUT2D eigenvalue weighted by atomic mass is 19.4. The van der Waals surface area contributed by atoms with Crippen LogP contribution >= 0.6 is 0 Å². The molecule has 0 saturated heterocycles. The topological polar surface area (TPSA) is 75.4 Å². The van der Waals surface area contributed by atoms with Crippen molar-refractivity contribution in [2.75, 3.05) is 5.32 Å². The van der Waals surface area contributed by atoms with Crippen molar-refractivity contribution in [2.24, 2.45) is 0 Å². The molecule has 116 valence electrons. The quantitative estimate of drug-likeness (QED) is 0.663. The van der Waals surface area contributed by atoms with E-state index < -0.39 is 22.4 Å². The van der Waals surface area contributed by atoms with Crippen molar-refractivity contribution >= 4 is 11.4 Å². The zero-order valence-electron chi connectivity index (χ0n) is 11.1. The van der Waals surface area contributed by atoms with Gasteiger partial charge in [0.05, 0.1) is 16.6 Å². The third kappa shape index (κ3) is 3.84. The third-order valence-electron chi connectivity index (χ3n) is 3.58. The predicted octanol–water partition coefficient (Wildman–Crippen LogP) is 3.33. The zero-order chi connectivity index (χ0) is 15.6. The number of anilines is 1. The maximum absolute atomic E-state index is 12.6. The van der Waals surface area contributed by atoms with Crippen LogP contribution in [-0.2, 0) is 6.18 Å². The summed E-state index contributed by atoms with van der Waals surface area (Å²) in [4.78, 5) is 10.1.